The van der Waals surface area contributed by atoms with Crippen LogP contribution in [0.1, 0.15) is 97.4 Å². The van der Waals surface area contributed by atoms with Crippen LogP contribution in [0.15, 0.2) is 84.0 Å². The van der Waals surface area contributed by atoms with Crippen molar-refractivity contribution in [3.63, 3.8) is 0 Å². The van der Waals surface area contributed by atoms with E-state index in [1.807, 2.05) is 54.8 Å². The molecule has 3 heteroatoms. The fraction of sp³-hybridized carbons (Fsp3) is 0.417. The van der Waals surface area contributed by atoms with Crippen LogP contribution in [0.25, 0.3) is 16.7 Å². The van der Waals surface area contributed by atoms with Gasteiger partial charge in [0, 0.05) is 25.0 Å². The van der Waals surface area contributed by atoms with Gasteiger partial charge in [0.25, 0.3) is 0 Å². The van der Waals surface area contributed by atoms with E-state index >= 15 is 0 Å². The zero-order valence-corrected chi connectivity index (χ0v) is 26.7. The largest absolute Gasteiger partial charge is 0.316 e. The molecule has 2 N–H and O–H groups in total. The predicted octanol–water partition coefficient (Wildman–Crippen LogP) is 9.89. The van der Waals surface area contributed by atoms with Gasteiger partial charge in [0.15, 0.2) is 0 Å². The van der Waals surface area contributed by atoms with Gasteiger partial charge in [0.1, 0.15) is 0 Å². The molecule has 3 aromatic rings. The molecule has 0 saturated heterocycles. The number of hydrogen-bond acceptors (Lipinski definition) is 3. The number of benzene rings is 3. The van der Waals surface area contributed by atoms with Gasteiger partial charge >= 0.3 is 0 Å². The molecule has 214 valence electrons. The summed E-state index contributed by atoms with van der Waals surface area (Å²) in [6.45, 7) is 23.5. The van der Waals surface area contributed by atoms with Gasteiger partial charge in [0.2, 0.25) is 0 Å². The topological polar surface area (TPSA) is 36.4 Å². The van der Waals surface area contributed by atoms with E-state index in [1.165, 1.54) is 39.0 Å². The molecule has 0 spiro atoms. The summed E-state index contributed by atoms with van der Waals surface area (Å²) in [6, 6.07) is 25.9. The minimum absolute atomic E-state index is 0.571. The molecule has 0 aromatic heterocycles. The summed E-state index contributed by atoms with van der Waals surface area (Å²) >= 11 is 0. The molecule has 0 aliphatic rings. The van der Waals surface area contributed by atoms with Crippen LogP contribution in [-0.4, -0.2) is 19.3 Å². The van der Waals surface area contributed by atoms with Crippen molar-refractivity contribution in [1.29, 1.82) is 0 Å². The van der Waals surface area contributed by atoms with Crippen LogP contribution in [0.3, 0.4) is 0 Å². The van der Waals surface area contributed by atoms with Crippen LogP contribution >= 0.6 is 0 Å². The third-order valence-electron chi connectivity index (χ3n) is 5.77. The molecular formula is C36H55N3. The molecule has 39 heavy (non-hydrogen) atoms. The Morgan fingerprint density at radius 3 is 2.00 bits per heavy atom. The Kier molecular flexibility index (Phi) is 20.2. The Morgan fingerprint density at radius 2 is 1.41 bits per heavy atom. The predicted molar refractivity (Wildman–Crippen MR) is 178 cm³/mol. The zero-order chi connectivity index (χ0) is 29.6. The second kappa shape index (κ2) is 21.9. The van der Waals surface area contributed by atoms with E-state index in [1.54, 1.807) is 0 Å². The third-order valence-corrected chi connectivity index (χ3v) is 5.77. The second-order valence-electron chi connectivity index (χ2n) is 9.29. The molecule has 0 aliphatic carbocycles. The fourth-order valence-electron chi connectivity index (χ4n) is 3.83. The molecule has 0 bridgehead atoms. The SMILES string of the molecule is CC.CC.CCNCc1ccccc1/C(C)=C/N=C(C)C.CNCc1ccccc1-c1cccc(C(C)C)c1. The molecule has 0 radical (unpaired) electrons. The van der Waals surface area contributed by atoms with E-state index in [0.29, 0.717) is 5.92 Å². The molecule has 3 aromatic carbocycles. The van der Waals surface area contributed by atoms with Crippen LogP contribution in [0.4, 0.5) is 0 Å². The van der Waals surface area contributed by atoms with E-state index in [2.05, 4.69) is 116 Å². The molecule has 3 rings (SSSR count). The number of nitrogens with zero attached hydrogens (tertiary/aromatic N) is 1. The first-order valence-corrected chi connectivity index (χ1v) is 14.7. The summed E-state index contributed by atoms with van der Waals surface area (Å²) in [5.41, 5.74) is 10.3. The number of aliphatic imine (C=N–C) groups is 1. The van der Waals surface area contributed by atoms with E-state index in [-0.39, 0.29) is 0 Å². The first kappa shape index (κ1) is 36.0. The van der Waals surface area contributed by atoms with Crippen molar-refractivity contribution in [2.45, 2.75) is 88.2 Å². The van der Waals surface area contributed by atoms with E-state index in [4.69, 9.17) is 0 Å². The van der Waals surface area contributed by atoms with Crippen molar-refractivity contribution in [3.05, 3.63) is 101 Å². The number of allylic oxidation sites excluding steroid dienone is 1. The summed E-state index contributed by atoms with van der Waals surface area (Å²) < 4.78 is 0. The fourth-order valence-corrected chi connectivity index (χ4v) is 3.83. The average Bonchev–Trinajstić information content (AvgIpc) is 2.98. The minimum atomic E-state index is 0.571. The molecule has 0 unspecified atom stereocenters. The van der Waals surface area contributed by atoms with Crippen molar-refractivity contribution in [3.8, 4) is 11.1 Å². The van der Waals surface area contributed by atoms with Gasteiger partial charge in [-0.3, -0.25) is 4.99 Å². The van der Waals surface area contributed by atoms with Crippen molar-refractivity contribution in [1.82, 2.24) is 10.6 Å². The molecule has 3 nitrogen and oxygen atoms in total. The van der Waals surface area contributed by atoms with Crippen LogP contribution in [0.2, 0.25) is 0 Å². The van der Waals surface area contributed by atoms with Crippen LogP contribution < -0.4 is 10.6 Å². The highest BCUT2D eigenvalue weighted by Gasteiger charge is 2.06. The third kappa shape index (κ3) is 13.6. The summed E-state index contributed by atoms with van der Waals surface area (Å²) in [7, 11) is 1.99. The molecule has 0 amide bonds. The lowest BCUT2D eigenvalue weighted by Crippen LogP contribution is -2.12. The van der Waals surface area contributed by atoms with Gasteiger partial charge in [-0.15, -0.1) is 0 Å². The normalized spacial score (nSPS) is 10.3. The van der Waals surface area contributed by atoms with Gasteiger partial charge in [0.05, 0.1) is 0 Å². The number of rotatable bonds is 9. The number of hydrogen-bond donors (Lipinski definition) is 2. The Bertz CT molecular complexity index is 1110. The first-order valence-electron chi connectivity index (χ1n) is 14.7. The molecule has 0 atom stereocenters. The minimum Gasteiger partial charge on any atom is -0.316 e. The summed E-state index contributed by atoms with van der Waals surface area (Å²) in [5, 5.41) is 6.59. The van der Waals surface area contributed by atoms with E-state index in [9.17, 15) is 0 Å². The second-order valence-corrected chi connectivity index (χ2v) is 9.29. The lowest BCUT2D eigenvalue weighted by molar-refractivity contribution is 0.725. The molecular weight excluding hydrogens is 474 g/mol. The number of nitrogens with one attached hydrogen (secondary N) is 2. The lowest BCUT2D eigenvalue weighted by Gasteiger charge is -2.12. The Labute approximate surface area is 240 Å². The van der Waals surface area contributed by atoms with Gasteiger partial charge in [-0.1, -0.05) is 121 Å². The Hall–Kier alpha value is -3.01. The molecule has 0 heterocycles. The average molecular weight is 530 g/mol. The van der Waals surface area contributed by atoms with Crippen molar-refractivity contribution in [2.24, 2.45) is 4.99 Å². The first-order chi connectivity index (χ1) is 18.9. The van der Waals surface area contributed by atoms with Crippen molar-refractivity contribution in [2.75, 3.05) is 13.6 Å². The van der Waals surface area contributed by atoms with Gasteiger partial charge in [-0.2, -0.15) is 0 Å². The molecule has 0 fully saturated rings. The van der Waals surface area contributed by atoms with E-state index < -0.39 is 0 Å². The zero-order valence-electron chi connectivity index (χ0n) is 26.7. The Balaban J connectivity index is 0.000000658. The van der Waals surface area contributed by atoms with Crippen LogP contribution in [0.5, 0.6) is 0 Å². The van der Waals surface area contributed by atoms with E-state index in [0.717, 1.165) is 25.3 Å². The maximum Gasteiger partial charge on any atom is 0.0302 e. The maximum absolute atomic E-state index is 4.36. The van der Waals surface area contributed by atoms with Crippen LogP contribution in [-0.2, 0) is 13.1 Å². The van der Waals surface area contributed by atoms with Gasteiger partial charge < -0.3 is 10.6 Å². The highest BCUT2D eigenvalue weighted by molar-refractivity contribution is 5.81. The van der Waals surface area contributed by atoms with Crippen LogP contribution in [0, 0.1) is 0 Å². The standard InChI is InChI=1S/C17H21N.C15H22N2.2C2H6/c1-13(2)14-8-6-9-15(11-14)17-10-5-4-7-16(17)12-18-3;1-5-16-11-14-8-6-7-9-15(14)13(4)10-17-12(2)3;2*1-2/h4-11,13,18H,12H2,1-3H3;6-10,16H,5,11H2,1-4H3;2*1-2H3/b;13-10+;;. The summed E-state index contributed by atoms with van der Waals surface area (Å²) in [6.07, 6.45) is 1.94. The van der Waals surface area contributed by atoms with Gasteiger partial charge in [-0.25, -0.2) is 0 Å². The molecule has 0 aliphatic heterocycles. The maximum atomic E-state index is 4.36. The Morgan fingerprint density at radius 1 is 0.795 bits per heavy atom. The highest BCUT2D eigenvalue weighted by atomic mass is 14.8. The highest BCUT2D eigenvalue weighted by Crippen LogP contribution is 2.27. The molecule has 0 saturated carbocycles. The monoisotopic (exact) mass is 529 g/mol. The summed E-state index contributed by atoms with van der Waals surface area (Å²) in [4.78, 5) is 4.36. The van der Waals surface area contributed by atoms with Crippen molar-refractivity contribution >= 4 is 11.3 Å². The van der Waals surface area contributed by atoms with Crippen molar-refractivity contribution < 1.29 is 0 Å². The van der Waals surface area contributed by atoms with Gasteiger partial charge in [-0.05, 0) is 79.2 Å². The summed E-state index contributed by atoms with van der Waals surface area (Å²) in [5.74, 6) is 0.571. The quantitative estimate of drug-likeness (QED) is 0.271. The smallest absolute Gasteiger partial charge is 0.0302 e. The lowest BCUT2D eigenvalue weighted by atomic mass is 9.95.